The van der Waals surface area contributed by atoms with Crippen LogP contribution in [-0.2, 0) is 16.0 Å². The molecule has 0 saturated carbocycles. The third-order valence-electron chi connectivity index (χ3n) is 4.14. The van der Waals surface area contributed by atoms with E-state index in [9.17, 15) is 9.59 Å². The fourth-order valence-corrected chi connectivity index (χ4v) is 3.53. The van der Waals surface area contributed by atoms with Crippen molar-refractivity contribution in [2.24, 2.45) is 5.10 Å². The van der Waals surface area contributed by atoms with E-state index in [-0.39, 0.29) is 18.4 Å². The largest absolute Gasteiger partial charge is 0.450 e. The lowest BCUT2D eigenvalue weighted by atomic mass is 10.1. The van der Waals surface area contributed by atoms with Crippen LogP contribution in [-0.4, -0.2) is 47.3 Å². The lowest BCUT2D eigenvalue weighted by Crippen LogP contribution is -2.39. The van der Waals surface area contributed by atoms with Crippen LogP contribution >= 0.6 is 11.3 Å². The van der Waals surface area contributed by atoms with Gasteiger partial charge >= 0.3 is 6.09 Å². The summed E-state index contributed by atoms with van der Waals surface area (Å²) in [6.07, 6.45) is 1.17. The van der Waals surface area contributed by atoms with Crippen LogP contribution in [0.2, 0.25) is 0 Å². The molecule has 7 nitrogen and oxygen atoms in total. The number of amides is 2. The van der Waals surface area contributed by atoms with Crippen molar-refractivity contribution in [1.82, 2.24) is 15.3 Å². The first kappa shape index (κ1) is 19.0. The fourth-order valence-electron chi connectivity index (χ4n) is 2.73. The second kappa shape index (κ2) is 9.27. The number of nitrogens with one attached hydrogen (secondary N) is 1. The number of aromatic nitrogens is 1. The van der Waals surface area contributed by atoms with Crippen molar-refractivity contribution in [3.8, 4) is 11.3 Å². The van der Waals surface area contributed by atoms with Crippen LogP contribution in [0.3, 0.4) is 0 Å². The van der Waals surface area contributed by atoms with Gasteiger partial charge in [-0.2, -0.15) is 5.10 Å². The SMILES string of the molecule is CCOC(=O)N1CCC(=NNC(=O)Cc2nc(-c3ccccc3)cs2)CC1. The Morgan fingerprint density at radius 2 is 2.00 bits per heavy atom. The molecular formula is C19H22N4O3S. The predicted octanol–water partition coefficient (Wildman–Crippen LogP) is 3.08. The normalized spacial score (nSPS) is 14.0. The zero-order valence-corrected chi connectivity index (χ0v) is 16.0. The molecule has 1 aliphatic rings. The van der Waals surface area contributed by atoms with Crippen molar-refractivity contribution in [3.63, 3.8) is 0 Å². The van der Waals surface area contributed by atoms with Gasteiger partial charge in [-0.1, -0.05) is 30.3 Å². The molecular weight excluding hydrogens is 364 g/mol. The molecule has 1 aromatic heterocycles. The molecule has 8 heteroatoms. The molecule has 0 radical (unpaired) electrons. The number of nitrogens with zero attached hydrogens (tertiary/aromatic N) is 3. The highest BCUT2D eigenvalue weighted by molar-refractivity contribution is 7.10. The molecule has 2 aromatic rings. The van der Waals surface area contributed by atoms with Gasteiger partial charge in [-0.05, 0) is 6.92 Å². The van der Waals surface area contributed by atoms with E-state index in [4.69, 9.17) is 4.74 Å². The zero-order chi connectivity index (χ0) is 19.1. The maximum absolute atomic E-state index is 12.1. The van der Waals surface area contributed by atoms with Gasteiger partial charge in [-0.25, -0.2) is 15.2 Å². The summed E-state index contributed by atoms with van der Waals surface area (Å²) in [5, 5.41) is 6.91. The minimum absolute atomic E-state index is 0.190. The van der Waals surface area contributed by atoms with Gasteiger partial charge in [-0.15, -0.1) is 11.3 Å². The topological polar surface area (TPSA) is 83.9 Å². The number of rotatable bonds is 5. The molecule has 1 aromatic carbocycles. The van der Waals surface area contributed by atoms with Gasteiger partial charge < -0.3 is 9.64 Å². The lowest BCUT2D eigenvalue weighted by Gasteiger charge is -2.26. The van der Waals surface area contributed by atoms with Crippen molar-refractivity contribution in [3.05, 3.63) is 40.7 Å². The molecule has 1 saturated heterocycles. The number of likely N-dealkylation sites (tertiary alicyclic amines) is 1. The van der Waals surface area contributed by atoms with E-state index >= 15 is 0 Å². The number of hydrogen-bond acceptors (Lipinski definition) is 6. The highest BCUT2D eigenvalue weighted by Gasteiger charge is 2.20. The average Bonchev–Trinajstić information content (AvgIpc) is 3.16. The van der Waals surface area contributed by atoms with Gasteiger partial charge in [0, 0.05) is 42.6 Å². The average molecular weight is 386 g/mol. The Bertz CT molecular complexity index is 809. The van der Waals surface area contributed by atoms with Crippen molar-refractivity contribution in [2.45, 2.75) is 26.2 Å². The summed E-state index contributed by atoms with van der Waals surface area (Å²) in [6.45, 7) is 3.27. The molecule has 0 unspecified atom stereocenters. The maximum atomic E-state index is 12.1. The van der Waals surface area contributed by atoms with Gasteiger partial charge in [-0.3, -0.25) is 4.79 Å². The summed E-state index contributed by atoms with van der Waals surface area (Å²) >= 11 is 1.46. The summed E-state index contributed by atoms with van der Waals surface area (Å²) in [6, 6.07) is 9.87. The Morgan fingerprint density at radius 1 is 1.26 bits per heavy atom. The Balaban J connectivity index is 1.47. The zero-order valence-electron chi connectivity index (χ0n) is 15.2. The van der Waals surface area contributed by atoms with Gasteiger partial charge in [0.25, 0.3) is 0 Å². The Morgan fingerprint density at radius 3 is 2.70 bits per heavy atom. The van der Waals surface area contributed by atoms with Gasteiger partial charge in [0.1, 0.15) is 5.01 Å². The monoisotopic (exact) mass is 386 g/mol. The molecule has 0 bridgehead atoms. The third kappa shape index (κ3) is 5.37. The van der Waals surface area contributed by atoms with E-state index in [1.165, 1.54) is 11.3 Å². The number of thiazole rings is 1. The van der Waals surface area contributed by atoms with Crippen LogP contribution in [0.1, 0.15) is 24.8 Å². The molecule has 3 rings (SSSR count). The van der Waals surface area contributed by atoms with Crippen molar-refractivity contribution in [1.29, 1.82) is 0 Å². The van der Waals surface area contributed by atoms with Crippen molar-refractivity contribution in [2.75, 3.05) is 19.7 Å². The molecule has 0 aliphatic carbocycles. The minimum atomic E-state index is -0.293. The Kier molecular flexibility index (Phi) is 6.54. The number of piperidine rings is 1. The van der Waals surface area contributed by atoms with Crippen LogP contribution in [0.5, 0.6) is 0 Å². The van der Waals surface area contributed by atoms with E-state index in [0.29, 0.717) is 32.5 Å². The molecule has 1 fully saturated rings. The van der Waals surface area contributed by atoms with E-state index in [2.05, 4.69) is 15.5 Å². The summed E-state index contributed by atoms with van der Waals surface area (Å²) in [4.78, 5) is 30.0. The molecule has 27 heavy (non-hydrogen) atoms. The first-order valence-electron chi connectivity index (χ1n) is 8.91. The molecule has 1 aliphatic heterocycles. The molecule has 0 atom stereocenters. The van der Waals surface area contributed by atoms with Crippen LogP contribution in [0, 0.1) is 0 Å². The molecule has 1 N–H and O–H groups in total. The van der Waals surface area contributed by atoms with E-state index < -0.39 is 0 Å². The number of benzene rings is 1. The summed E-state index contributed by atoms with van der Waals surface area (Å²) in [5.41, 5.74) is 5.39. The number of hydrazone groups is 1. The molecule has 2 amide bonds. The van der Waals surface area contributed by atoms with Gasteiger partial charge in [0.15, 0.2) is 0 Å². The van der Waals surface area contributed by atoms with E-state index in [1.54, 1.807) is 11.8 Å². The maximum Gasteiger partial charge on any atom is 0.409 e. The van der Waals surface area contributed by atoms with Crippen LogP contribution in [0.4, 0.5) is 4.79 Å². The highest BCUT2D eigenvalue weighted by atomic mass is 32.1. The number of carbonyl (C=O) groups is 2. The first-order chi connectivity index (χ1) is 13.2. The highest BCUT2D eigenvalue weighted by Crippen LogP contribution is 2.21. The second-order valence-electron chi connectivity index (χ2n) is 6.07. The summed E-state index contributed by atoms with van der Waals surface area (Å²) in [7, 11) is 0. The standard InChI is InChI=1S/C19H22N4O3S/c1-2-26-19(25)23-10-8-15(9-11-23)21-22-17(24)12-18-20-16(13-27-18)14-6-4-3-5-7-14/h3-7,13H,2,8-12H2,1H3,(H,22,24). The number of hydrogen-bond donors (Lipinski definition) is 1. The van der Waals surface area contributed by atoms with Crippen molar-refractivity contribution >= 4 is 29.0 Å². The van der Waals surface area contributed by atoms with Crippen LogP contribution in [0.15, 0.2) is 40.8 Å². The van der Waals surface area contributed by atoms with Crippen molar-refractivity contribution < 1.29 is 14.3 Å². The summed E-state index contributed by atoms with van der Waals surface area (Å²) in [5.74, 6) is -0.190. The summed E-state index contributed by atoms with van der Waals surface area (Å²) < 4.78 is 4.99. The Labute approximate surface area is 162 Å². The quantitative estimate of drug-likeness (QED) is 0.801. The smallest absolute Gasteiger partial charge is 0.409 e. The predicted molar refractivity (Wildman–Crippen MR) is 105 cm³/mol. The molecule has 0 spiro atoms. The Hall–Kier alpha value is -2.74. The third-order valence-corrected chi connectivity index (χ3v) is 4.99. The number of carbonyl (C=O) groups excluding carboxylic acids is 2. The van der Waals surface area contributed by atoms with Crippen LogP contribution < -0.4 is 5.43 Å². The first-order valence-corrected chi connectivity index (χ1v) is 9.79. The lowest BCUT2D eigenvalue weighted by molar-refractivity contribution is -0.120. The van der Waals surface area contributed by atoms with Gasteiger partial charge in [0.2, 0.25) is 5.91 Å². The van der Waals surface area contributed by atoms with E-state index in [0.717, 1.165) is 22.0 Å². The van der Waals surface area contributed by atoms with E-state index in [1.807, 2.05) is 35.7 Å². The van der Waals surface area contributed by atoms with Gasteiger partial charge in [0.05, 0.1) is 18.7 Å². The fraction of sp³-hybridized carbons (Fsp3) is 0.368. The van der Waals surface area contributed by atoms with Crippen LogP contribution in [0.25, 0.3) is 11.3 Å². The minimum Gasteiger partial charge on any atom is -0.450 e. The second-order valence-corrected chi connectivity index (χ2v) is 7.01. The molecule has 2 heterocycles. The number of ether oxygens (including phenoxy) is 1. The molecule has 142 valence electrons.